The Morgan fingerprint density at radius 2 is 0.900 bits per heavy atom. The molecule has 0 aliphatic carbocycles. The van der Waals surface area contributed by atoms with Crippen molar-refractivity contribution >= 4 is 11.3 Å². The smallest absolute Gasteiger partial charge is 0.123 e. The van der Waals surface area contributed by atoms with Crippen molar-refractivity contribution in [2.75, 3.05) is 0 Å². The van der Waals surface area contributed by atoms with Gasteiger partial charge >= 0.3 is 0 Å². The lowest BCUT2D eigenvalue weighted by molar-refractivity contribution is 0.760. The molecule has 0 saturated heterocycles. The van der Waals surface area contributed by atoms with Crippen LogP contribution in [0.4, 0.5) is 0 Å². The minimum absolute atomic E-state index is 0.422. The van der Waals surface area contributed by atoms with Gasteiger partial charge < -0.3 is 0 Å². The summed E-state index contributed by atoms with van der Waals surface area (Å²) in [6.45, 7) is 0. The van der Waals surface area contributed by atoms with Crippen LogP contribution in [0.1, 0.15) is 21.6 Å². The minimum atomic E-state index is -0.422. The summed E-state index contributed by atoms with van der Waals surface area (Å²) >= 11 is 1.77. The Balaban J connectivity index is 1.82. The normalized spacial score (nSPS) is 11.3. The third kappa shape index (κ3) is 3.16. The van der Waals surface area contributed by atoms with E-state index in [0.717, 1.165) is 10.6 Å². The Labute approximate surface area is 181 Å². The Morgan fingerprint density at radius 3 is 1.33 bits per heavy atom. The number of nitrogens with zero attached hydrogens (tertiary/aromatic N) is 1. The van der Waals surface area contributed by atoms with Crippen LogP contribution in [-0.2, 0) is 5.41 Å². The fraction of sp³-hybridized carbons (Fsp3) is 0.0357. The quantitative estimate of drug-likeness (QED) is 0.283. The topological polar surface area (TPSA) is 12.9 Å². The fourth-order valence-corrected chi connectivity index (χ4v) is 5.33. The van der Waals surface area contributed by atoms with Gasteiger partial charge in [-0.2, -0.15) is 0 Å². The molecule has 0 radical (unpaired) electrons. The Bertz CT molecular complexity index is 1120. The minimum Gasteiger partial charge on any atom is -0.244 e. The monoisotopic (exact) mass is 403 g/mol. The molecule has 0 spiro atoms. The van der Waals surface area contributed by atoms with Crippen molar-refractivity contribution in [2.45, 2.75) is 5.41 Å². The number of thiazole rings is 1. The molecule has 0 unspecified atom stereocenters. The zero-order chi connectivity index (χ0) is 20.2. The SMILES string of the molecule is c1ccc(-c2ncc(C(c3ccccc3)(c3ccccc3)c3ccccc3)s2)cc1. The van der Waals surface area contributed by atoms with Crippen LogP contribution in [0.2, 0.25) is 0 Å². The molecule has 30 heavy (non-hydrogen) atoms. The molecule has 1 heterocycles. The first-order valence-electron chi connectivity index (χ1n) is 10.1. The molecule has 0 N–H and O–H groups in total. The van der Waals surface area contributed by atoms with Crippen molar-refractivity contribution in [1.29, 1.82) is 0 Å². The van der Waals surface area contributed by atoms with Crippen LogP contribution in [0.3, 0.4) is 0 Å². The highest BCUT2D eigenvalue weighted by molar-refractivity contribution is 7.15. The van der Waals surface area contributed by atoms with E-state index in [4.69, 9.17) is 4.98 Å². The average Bonchev–Trinajstić information content (AvgIpc) is 3.33. The first-order chi connectivity index (χ1) is 14.9. The van der Waals surface area contributed by atoms with Gasteiger partial charge in [0.15, 0.2) is 0 Å². The van der Waals surface area contributed by atoms with E-state index in [9.17, 15) is 0 Å². The van der Waals surface area contributed by atoms with Gasteiger partial charge in [-0.1, -0.05) is 121 Å². The summed E-state index contributed by atoms with van der Waals surface area (Å²) in [6.07, 6.45) is 2.06. The summed E-state index contributed by atoms with van der Waals surface area (Å²) < 4.78 is 0. The molecule has 1 nitrogen and oxygen atoms in total. The molecule has 0 fully saturated rings. The number of aromatic nitrogens is 1. The summed E-state index contributed by atoms with van der Waals surface area (Å²) in [6, 6.07) is 42.7. The van der Waals surface area contributed by atoms with Gasteiger partial charge in [-0.25, -0.2) is 4.98 Å². The molecule has 0 aliphatic heterocycles. The average molecular weight is 404 g/mol. The maximum atomic E-state index is 4.85. The second-order valence-electron chi connectivity index (χ2n) is 7.24. The predicted molar refractivity (Wildman–Crippen MR) is 126 cm³/mol. The molecule has 5 rings (SSSR count). The van der Waals surface area contributed by atoms with Crippen LogP contribution in [0.5, 0.6) is 0 Å². The van der Waals surface area contributed by atoms with Gasteiger partial charge in [-0.05, 0) is 16.7 Å². The van der Waals surface area contributed by atoms with Gasteiger partial charge in [-0.15, -0.1) is 11.3 Å². The maximum Gasteiger partial charge on any atom is 0.123 e. The molecule has 2 heteroatoms. The molecule has 0 bridgehead atoms. The molecule has 4 aromatic carbocycles. The van der Waals surface area contributed by atoms with Crippen LogP contribution in [0, 0.1) is 0 Å². The number of benzene rings is 4. The summed E-state index contributed by atoms with van der Waals surface area (Å²) in [5.41, 5.74) is 4.45. The standard InChI is InChI=1S/C28H21NS/c1-5-13-22(14-6-1)27-29-21-26(30-27)28(23-15-7-2-8-16-23,24-17-9-3-10-18-24)25-19-11-4-12-20-25/h1-21H. The lowest BCUT2D eigenvalue weighted by atomic mass is 9.68. The molecule has 1 aromatic heterocycles. The van der Waals surface area contributed by atoms with Gasteiger partial charge in [0, 0.05) is 16.6 Å². The van der Waals surface area contributed by atoms with Crippen molar-refractivity contribution in [3.8, 4) is 10.6 Å². The molecule has 0 aliphatic rings. The zero-order valence-corrected chi connectivity index (χ0v) is 17.3. The predicted octanol–water partition coefficient (Wildman–Crippen LogP) is 7.19. The molecular formula is C28H21NS. The van der Waals surface area contributed by atoms with E-state index in [2.05, 4.69) is 121 Å². The highest BCUT2D eigenvalue weighted by Gasteiger charge is 2.40. The second kappa shape index (κ2) is 8.10. The van der Waals surface area contributed by atoms with Gasteiger partial charge in [-0.3, -0.25) is 0 Å². The van der Waals surface area contributed by atoms with Crippen molar-refractivity contribution in [2.24, 2.45) is 0 Å². The fourth-order valence-electron chi connectivity index (χ4n) is 4.15. The Kier molecular flexibility index (Phi) is 5.00. The molecular weight excluding hydrogens is 382 g/mol. The van der Waals surface area contributed by atoms with Gasteiger partial charge in [0.25, 0.3) is 0 Å². The number of hydrogen-bond acceptors (Lipinski definition) is 2. The van der Waals surface area contributed by atoms with E-state index in [1.54, 1.807) is 11.3 Å². The van der Waals surface area contributed by atoms with Gasteiger partial charge in [0.2, 0.25) is 0 Å². The van der Waals surface area contributed by atoms with E-state index >= 15 is 0 Å². The second-order valence-corrected chi connectivity index (χ2v) is 8.27. The Morgan fingerprint density at radius 1 is 0.500 bits per heavy atom. The third-order valence-electron chi connectivity index (χ3n) is 5.52. The largest absolute Gasteiger partial charge is 0.244 e. The highest BCUT2D eigenvalue weighted by atomic mass is 32.1. The molecule has 0 atom stereocenters. The van der Waals surface area contributed by atoms with E-state index in [1.165, 1.54) is 21.6 Å². The highest BCUT2D eigenvalue weighted by Crippen LogP contribution is 2.47. The van der Waals surface area contributed by atoms with Gasteiger partial charge in [0.1, 0.15) is 5.01 Å². The molecule has 0 amide bonds. The molecule has 144 valence electrons. The first kappa shape index (κ1) is 18.5. The summed E-state index contributed by atoms with van der Waals surface area (Å²) in [7, 11) is 0. The van der Waals surface area contributed by atoms with Crippen molar-refractivity contribution < 1.29 is 0 Å². The van der Waals surface area contributed by atoms with Crippen LogP contribution in [0.25, 0.3) is 10.6 Å². The van der Waals surface area contributed by atoms with Crippen molar-refractivity contribution in [3.05, 3.63) is 149 Å². The summed E-state index contributed by atoms with van der Waals surface area (Å²) in [5, 5.41) is 1.04. The summed E-state index contributed by atoms with van der Waals surface area (Å²) in [4.78, 5) is 6.06. The van der Waals surface area contributed by atoms with E-state index < -0.39 is 5.41 Å². The van der Waals surface area contributed by atoms with Crippen LogP contribution < -0.4 is 0 Å². The maximum absolute atomic E-state index is 4.85. The van der Waals surface area contributed by atoms with E-state index in [1.807, 2.05) is 6.07 Å². The Hall–Kier alpha value is -3.49. The van der Waals surface area contributed by atoms with Crippen molar-refractivity contribution in [3.63, 3.8) is 0 Å². The van der Waals surface area contributed by atoms with Crippen LogP contribution in [-0.4, -0.2) is 4.98 Å². The lowest BCUT2D eigenvalue weighted by Crippen LogP contribution is -2.29. The third-order valence-corrected chi connectivity index (χ3v) is 6.68. The number of rotatable bonds is 5. The van der Waals surface area contributed by atoms with Crippen LogP contribution in [0.15, 0.2) is 128 Å². The molecule has 5 aromatic rings. The van der Waals surface area contributed by atoms with Crippen LogP contribution >= 0.6 is 11.3 Å². The molecule has 0 saturated carbocycles. The number of hydrogen-bond donors (Lipinski definition) is 0. The van der Waals surface area contributed by atoms with Crippen molar-refractivity contribution in [1.82, 2.24) is 4.98 Å². The lowest BCUT2D eigenvalue weighted by Gasteiger charge is -2.35. The summed E-state index contributed by atoms with van der Waals surface area (Å²) in [5.74, 6) is 0. The van der Waals surface area contributed by atoms with E-state index in [0.29, 0.717) is 0 Å². The van der Waals surface area contributed by atoms with E-state index in [-0.39, 0.29) is 0 Å². The van der Waals surface area contributed by atoms with Gasteiger partial charge in [0.05, 0.1) is 5.41 Å². The zero-order valence-electron chi connectivity index (χ0n) is 16.5. The first-order valence-corrected chi connectivity index (χ1v) is 10.9.